The summed E-state index contributed by atoms with van der Waals surface area (Å²) in [4.78, 5) is 41.0. The zero-order chi connectivity index (χ0) is 26.3. The highest BCUT2D eigenvalue weighted by Crippen LogP contribution is 2.44. The van der Waals surface area contributed by atoms with E-state index in [1.165, 1.54) is 36.2 Å². The fourth-order valence-electron chi connectivity index (χ4n) is 4.62. The van der Waals surface area contributed by atoms with Crippen LogP contribution >= 0.6 is 0 Å². The van der Waals surface area contributed by atoms with Crippen LogP contribution in [0.1, 0.15) is 29.5 Å². The maximum atomic E-state index is 14.7. The number of carbonyl (C=O) groups is 3. The van der Waals surface area contributed by atoms with Crippen LogP contribution in [0.4, 0.5) is 28.0 Å². The first kappa shape index (κ1) is 25.0. The molecule has 1 saturated carbocycles. The Balaban J connectivity index is 1.65. The molecule has 4 rings (SSSR count). The van der Waals surface area contributed by atoms with Gasteiger partial charge in [-0.25, -0.2) is 9.18 Å². The summed E-state index contributed by atoms with van der Waals surface area (Å²) < 4.78 is 53.6. The van der Waals surface area contributed by atoms with Crippen LogP contribution < -0.4 is 15.5 Å². The predicted molar refractivity (Wildman–Crippen MR) is 119 cm³/mol. The number of hydrogen-bond donors (Lipinski definition) is 2. The molecule has 0 bridgehead atoms. The molecule has 2 aromatic carbocycles. The second kappa shape index (κ2) is 9.14. The molecule has 4 amide bonds. The Morgan fingerprint density at radius 1 is 1.17 bits per heavy atom. The number of halogens is 4. The second-order valence-electron chi connectivity index (χ2n) is 8.70. The molecule has 1 aliphatic heterocycles. The van der Waals surface area contributed by atoms with Gasteiger partial charge in [0.15, 0.2) is 0 Å². The third-order valence-corrected chi connectivity index (χ3v) is 6.47. The van der Waals surface area contributed by atoms with Crippen molar-refractivity contribution in [2.45, 2.75) is 37.1 Å². The van der Waals surface area contributed by atoms with E-state index in [2.05, 4.69) is 10.6 Å². The Hall–Kier alpha value is -4.14. The van der Waals surface area contributed by atoms with E-state index >= 15 is 0 Å². The summed E-state index contributed by atoms with van der Waals surface area (Å²) in [5, 5.41) is 14.1. The van der Waals surface area contributed by atoms with Crippen LogP contribution in [0, 0.1) is 17.1 Å². The van der Waals surface area contributed by atoms with E-state index in [0.717, 1.165) is 23.1 Å². The van der Waals surface area contributed by atoms with Crippen LogP contribution in [0.15, 0.2) is 42.5 Å². The highest BCUT2D eigenvalue weighted by molar-refractivity contribution is 6.10. The zero-order valence-corrected chi connectivity index (χ0v) is 19.0. The van der Waals surface area contributed by atoms with Gasteiger partial charge in [0.05, 0.1) is 22.9 Å². The second-order valence-corrected chi connectivity index (χ2v) is 8.70. The largest absolute Gasteiger partial charge is 0.416 e. The van der Waals surface area contributed by atoms with Gasteiger partial charge in [-0.2, -0.15) is 18.4 Å². The summed E-state index contributed by atoms with van der Waals surface area (Å²) in [6.45, 7) is -0.628. The fourth-order valence-corrected chi connectivity index (χ4v) is 4.62. The van der Waals surface area contributed by atoms with Crippen molar-refractivity contribution in [3.05, 3.63) is 65.0 Å². The van der Waals surface area contributed by atoms with Crippen molar-refractivity contribution in [3.8, 4) is 6.07 Å². The number of urea groups is 1. The number of piperazine rings is 1. The number of hydrogen-bond acceptors (Lipinski definition) is 4. The number of nitrogens with one attached hydrogen (secondary N) is 2. The molecule has 0 unspecified atom stereocenters. The summed E-state index contributed by atoms with van der Waals surface area (Å²) >= 11 is 0. The van der Waals surface area contributed by atoms with Crippen molar-refractivity contribution >= 4 is 23.5 Å². The number of rotatable bonds is 4. The SMILES string of the molecule is CNC(=O)N[C@H]1C[C@]2(C1)C(=O)N(c1ccc(C#N)cc1F)CC(=O)N2Cc1ccc(C(F)(F)F)cc1. The van der Waals surface area contributed by atoms with Crippen LogP contribution in [-0.4, -0.2) is 47.9 Å². The standard InChI is InChI=1S/C24H21F4N5O3/c1-30-22(36)31-17-9-23(10-17)21(35)32(19-7-4-15(11-29)8-18(19)25)13-20(34)33(23)12-14-2-5-16(6-3-14)24(26,27)28/h2-8,17H,9-10,12-13H2,1H3,(H2,30,31,36)/t17-,23-. The number of benzene rings is 2. The highest BCUT2D eigenvalue weighted by atomic mass is 19.4. The van der Waals surface area contributed by atoms with Gasteiger partial charge >= 0.3 is 12.2 Å². The minimum atomic E-state index is -4.52. The molecule has 2 N–H and O–H groups in total. The summed E-state index contributed by atoms with van der Waals surface area (Å²) in [5.74, 6) is -1.95. The van der Waals surface area contributed by atoms with Gasteiger partial charge in [-0.3, -0.25) is 14.5 Å². The van der Waals surface area contributed by atoms with Crippen molar-refractivity contribution in [3.63, 3.8) is 0 Å². The van der Waals surface area contributed by atoms with E-state index < -0.39 is 53.5 Å². The van der Waals surface area contributed by atoms with E-state index in [1.54, 1.807) is 6.07 Å². The van der Waals surface area contributed by atoms with Gasteiger partial charge in [-0.15, -0.1) is 0 Å². The molecule has 2 aromatic rings. The van der Waals surface area contributed by atoms with Crippen molar-refractivity contribution in [2.75, 3.05) is 18.5 Å². The van der Waals surface area contributed by atoms with Gasteiger partial charge in [0.25, 0.3) is 5.91 Å². The van der Waals surface area contributed by atoms with Crippen LogP contribution in [0.2, 0.25) is 0 Å². The van der Waals surface area contributed by atoms with E-state index in [0.29, 0.717) is 5.56 Å². The van der Waals surface area contributed by atoms with Gasteiger partial charge in [0, 0.05) is 32.5 Å². The summed E-state index contributed by atoms with van der Waals surface area (Å²) in [5.41, 5.74) is -2.01. The predicted octanol–water partition coefficient (Wildman–Crippen LogP) is 2.92. The molecule has 0 radical (unpaired) electrons. The van der Waals surface area contributed by atoms with Gasteiger partial charge in [0.2, 0.25) is 5.91 Å². The van der Waals surface area contributed by atoms with E-state index in [4.69, 9.17) is 5.26 Å². The Morgan fingerprint density at radius 2 is 1.83 bits per heavy atom. The Labute approximate surface area is 203 Å². The van der Waals surface area contributed by atoms with Gasteiger partial charge in [-0.1, -0.05) is 12.1 Å². The van der Waals surface area contributed by atoms with Crippen molar-refractivity contribution in [2.24, 2.45) is 0 Å². The average molecular weight is 503 g/mol. The minimum absolute atomic E-state index is 0.0417. The monoisotopic (exact) mass is 503 g/mol. The van der Waals surface area contributed by atoms with E-state index in [-0.39, 0.29) is 30.6 Å². The Bertz CT molecular complexity index is 1250. The lowest BCUT2D eigenvalue weighted by atomic mass is 9.68. The molecule has 1 heterocycles. The van der Waals surface area contributed by atoms with Crippen LogP contribution in [0.3, 0.4) is 0 Å². The van der Waals surface area contributed by atoms with Gasteiger partial charge in [0.1, 0.15) is 17.9 Å². The zero-order valence-electron chi connectivity index (χ0n) is 19.0. The maximum Gasteiger partial charge on any atom is 0.416 e. The number of anilines is 1. The molecule has 12 heteroatoms. The normalized spacial score (nSPS) is 21.7. The molecule has 1 saturated heterocycles. The number of carbonyl (C=O) groups excluding carboxylic acids is 3. The molecule has 36 heavy (non-hydrogen) atoms. The van der Waals surface area contributed by atoms with E-state index in [9.17, 15) is 31.9 Å². The van der Waals surface area contributed by atoms with Crippen LogP contribution in [-0.2, 0) is 22.3 Å². The molecule has 0 aromatic heterocycles. The summed E-state index contributed by atoms with van der Waals surface area (Å²) in [6, 6.07) is 8.67. The van der Waals surface area contributed by atoms with Crippen molar-refractivity contribution in [1.29, 1.82) is 5.26 Å². The molecular weight excluding hydrogens is 482 g/mol. The molecular formula is C24H21F4N5O3. The first-order valence-electron chi connectivity index (χ1n) is 10.9. The van der Waals surface area contributed by atoms with Crippen molar-refractivity contribution < 1.29 is 31.9 Å². The Morgan fingerprint density at radius 3 is 2.39 bits per heavy atom. The third-order valence-electron chi connectivity index (χ3n) is 6.47. The molecule has 1 aliphatic carbocycles. The topological polar surface area (TPSA) is 106 Å². The molecule has 188 valence electrons. The maximum absolute atomic E-state index is 14.7. The molecule has 0 atom stereocenters. The smallest absolute Gasteiger partial charge is 0.341 e. The molecule has 2 aliphatic rings. The Kier molecular flexibility index (Phi) is 6.34. The number of nitrogens with zero attached hydrogens (tertiary/aromatic N) is 3. The fraction of sp³-hybridized carbons (Fsp3) is 0.333. The lowest BCUT2D eigenvalue weighted by molar-refractivity contribution is -0.159. The lowest BCUT2D eigenvalue weighted by Gasteiger charge is -2.56. The number of alkyl halides is 3. The average Bonchev–Trinajstić information content (AvgIpc) is 2.81. The summed E-state index contributed by atoms with van der Waals surface area (Å²) in [6.07, 6.45) is -4.44. The molecule has 2 fully saturated rings. The van der Waals surface area contributed by atoms with Gasteiger partial charge in [-0.05, 0) is 35.9 Å². The minimum Gasteiger partial charge on any atom is -0.341 e. The number of amides is 4. The van der Waals surface area contributed by atoms with Crippen LogP contribution in [0.5, 0.6) is 0 Å². The van der Waals surface area contributed by atoms with E-state index in [1.807, 2.05) is 0 Å². The van der Waals surface area contributed by atoms with Crippen LogP contribution in [0.25, 0.3) is 0 Å². The quantitative estimate of drug-likeness (QED) is 0.626. The number of nitriles is 1. The molecule has 8 nitrogen and oxygen atoms in total. The first-order valence-corrected chi connectivity index (χ1v) is 10.9. The third kappa shape index (κ3) is 4.44. The lowest BCUT2D eigenvalue weighted by Crippen LogP contribution is -2.75. The highest BCUT2D eigenvalue weighted by Gasteiger charge is 2.60. The summed E-state index contributed by atoms with van der Waals surface area (Å²) in [7, 11) is 1.42. The van der Waals surface area contributed by atoms with Crippen molar-refractivity contribution in [1.82, 2.24) is 15.5 Å². The molecule has 1 spiro atoms. The van der Waals surface area contributed by atoms with Gasteiger partial charge < -0.3 is 15.5 Å². The first-order chi connectivity index (χ1) is 17.0.